The van der Waals surface area contributed by atoms with E-state index in [2.05, 4.69) is 11.4 Å². The maximum Gasteiger partial charge on any atom is 0.128 e. The van der Waals surface area contributed by atoms with Gasteiger partial charge in [0.2, 0.25) is 0 Å². The third-order valence-electron chi connectivity index (χ3n) is 2.88. The van der Waals surface area contributed by atoms with E-state index in [1.165, 1.54) is 6.07 Å². The van der Waals surface area contributed by atoms with E-state index >= 15 is 0 Å². The highest BCUT2D eigenvalue weighted by Gasteiger charge is 2.07. The molecular weight excluding hydrogens is 243 g/mol. The number of rotatable bonds is 5. The molecule has 0 unspecified atom stereocenters. The first-order valence-corrected chi connectivity index (χ1v) is 6.00. The lowest BCUT2D eigenvalue weighted by molar-refractivity contribution is 0.415. The number of nitrogens with two attached hydrogens (primary N) is 1. The second kappa shape index (κ2) is 6.20. The molecule has 0 atom stereocenters. The third-order valence-corrected chi connectivity index (χ3v) is 2.88. The van der Waals surface area contributed by atoms with Crippen molar-refractivity contribution in [3.63, 3.8) is 0 Å². The minimum absolute atomic E-state index is 0.269. The number of nitrogens with one attached hydrogen (secondary N) is 1. The van der Waals surface area contributed by atoms with Gasteiger partial charge in [0, 0.05) is 30.4 Å². The highest BCUT2D eigenvalue weighted by molar-refractivity contribution is 5.49. The van der Waals surface area contributed by atoms with Gasteiger partial charge in [0.25, 0.3) is 0 Å². The Kier molecular flexibility index (Phi) is 4.36. The zero-order chi connectivity index (χ0) is 13.7. The van der Waals surface area contributed by atoms with E-state index in [0.717, 1.165) is 11.4 Å². The first kappa shape index (κ1) is 13.4. The molecule has 0 aromatic heterocycles. The van der Waals surface area contributed by atoms with Crippen molar-refractivity contribution in [2.45, 2.75) is 13.1 Å². The van der Waals surface area contributed by atoms with Gasteiger partial charge in [-0.2, -0.15) is 0 Å². The van der Waals surface area contributed by atoms with Gasteiger partial charge in [0.15, 0.2) is 0 Å². The van der Waals surface area contributed by atoms with Crippen molar-refractivity contribution in [1.82, 2.24) is 0 Å². The Morgan fingerprint density at radius 2 is 2.21 bits per heavy atom. The molecule has 0 amide bonds. The van der Waals surface area contributed by atoms with E-state index in [9.17, 15) is 4.39 Å². The van der Waals surface area contributed by atoms with E-state index < -0.39 is 0 Å². The van der Waals surface area contributed by atoms with E-state index in [1.807, 2.05) is 24.3 Å². The molecule has 0 saturated carbocycles. The van der Waals surface area contributed by atoms with E-state index in [-0.39, 0.29) is 12.4 Å². The van der Waals surface area contributed by atoms with Gasteiger partial charge in [-0.05, 0) is 29.8 Å². The van der Waals surface area contributed by atoms with Crippen LogP contribution < -0.4 is 15.8 Å². The van der Waals surface area contributed by atoms with Crippen molar-refractivity contribution in [1.29, 1.82) is 0 Å². The standard InChI is InChI=1S/C15H16FN2O/c1-19-13-6-3-5-12(8-13)18-10-14-11(9-17)4-2-7-15(14)16/h2-3,5-8,18H,9-10,17H2,1H3. The van der Waals surface area contributed by atoms with Crippen LogP contribution in [0.3, 0.4) is 0 Å². The quantitative estimate of drug-likeness (QED) is 0.868. The Morgan fingerprint density at radius 3 is 2.95 bits per heavy atom. The van der Waals surface area contributed by atoms with Crippen LogP contribution in [0, 0.1) is 11.9 Å². The number of hydrogen-bond acceptors (Lipinski definition) is 3. The molecule has 0 spiro atoms. The number of ether oxygens (including phenoxy) is 1. The molecule has 19 heavy (non-hydrogen) atoms. The molecule has 2 rings (SSSR count). The molecule has 0 heterocycles. The lowest BCUT2D eigenvalue weighted by atomic mass is 10.1. The highest BCUT2D eigenvalue weighted by Crippen LogP contribution is 2.19. The number of benzene rings is 2. The largest absolute Gasteiger partial charge is 0.497 e. The average molecular weight is 259 g/mol. The minimum Gasteiger partial charge on any atom is -0.497 e. The van der Waals surface area contributed by atoms with Crippen molar-refractivity contribution in [3.05, 3.63) is 59.4 Å². The summed E-state index contributed by atoms with van der Waals surface area (Å²) in [7, 11) is 1.61. The van der Waals surface area contributed by atoms with Gasteiger partial charge in [-0.25, -0.2) is 4.39 Å². The van der Waals surface area contributed by atoms with Gasteiger partial charge in [-0.3, -0.25) is 0 Å². The molecule has 2 aromatic rings. The molecule has 99 valence electrons. The fourth-order valence-corrected chi connectivity index (χ4v) is 1.84. The molecule has 0 saturated heterocycles. The van der Waals surface area contributed by atoms with Crippen molar-refractivity contribution < 1.29 is 9.13 Å². The van der Waals surface area contributed by atoms with Crippen molar-refractivity contribution in [3.8, 4) is 5.75 Å². The fraction of sp³-hybridized carbons (Fsp3) is 0.200. The normalized spacial score (nSPS) is 10.3. The molecule has 0 bridgehead atoms. The Balaban J connectivity index is 2.14. The summed E-state index contributed by atoms with van der Waals surface area (Å²) in [5.41, 5.74) is 7.69. The molecule has 0 aliphatic carbocycles. The molecule has 0 aliphatic rings. The van der Waals surface area contributed by atoms with Gasteiger partial charge in [0.1, 0.15) is 11.6 Å². The van der Waals surface area contributed by atoms with Crippen LogP contribution in [0.25, 0.3) is 0 Å². The fourth-order valence-electron chi connectivity index (χ4n) is 1.84. The monoisotopic (exact) mass is 259 g/mol. The van der Waals surface area contributed by atoms with Gasteiger partial charge in [0.05, 0.1) is 7.11 Å². The van der Waals surface area contributed by atoms with Crippen molar-refractivity contribution in [2.75, 3.05) is 12.4 Å². The first-order chi connectivity index (χ1) is 9.24. The second-order valence-electron chi connectivity index (χ2n) is 4.07. The number of methoxy groups -OCH3 is 1. The van der Waals surface area contributed by atoms with Crippen LogP contribution in [0.4, 0.5) is 10.1 Å². The number of anilines is 1. The van der Waals surface area contributed by atoms with Gasteiger partial charge >= 0.3 is 0 Å². The predicted molar refractivity (Wildman–Crippen MR) is 73.4 cm³/mol. The van der Waals surface area contributed by atoms with Gasteiger partial charge in [-0.1, -0.05) is 12.1 Å². The predicted octanol–water partition coefficient (Wildman–Crippen LogP) is 2.71. The Bertz CT molecular complexity index is 558. The van der Waals surface area contributed by atoms with Crippen LogP contribution in [0.15, 0.2) is 36.4 Å². The molecule has 0 fully saturated rings. The smallest absolute Gasteiger partial charge is 0.128 e. The van der Waals surface area contributed by atoms with Gasteiger partial charge in [-0.15, -0.1) is 0 Å². The summed E-state index contributed by atoms with van der Waals surface area (Å²) < 4.78 is 18.9. The minimum atomic E-state index is -0.269. The van der Waals surface area contributed by atoms with E-state index in [1.54, 1.807) is 13.2 Å². The van der Waals surface area contributed by atoms with Crippen LogP contribution in [-0.2, 0) is 13.1 Å². The SMILES string of the molecule is COc1cccc(NCc2c(CN)[c]ccc2F)c1. The highest BCUT2D eigenvalue weighted by atomic mass is 19.1. The zero-order valence-electron chi connectivity index (χ0n) is 10.7. The summed E-state index contributed by atoms with van der Waals surface area (Å²) >= 11 is 0. The zero-order valence-corrected chi connectivity index (χ0v) is 10.7. The van der Waals surface area contributed by atoms with Crippen LogP contribution in [0.1, 0.15) is 11.1 Å². The third kappa shape index (κ3) is 3.23. The molecule has 3 nitrogen and oxygen atoms in total. The maximum absolute atomic E-state index is 13.7. The molecule has 2 aromatic carbocycles. The first-order valence-electron chi connectivity index (χ1n) is 6.00. The van der Waals surface area contributed by atoms with Gasteiger partial charge < -0.3 is 15.8 Å². The number of halogens is 1. The summed E-state index contributed by atoms with van der Waals surface area (Å²) in [5, 5.41) is 3.16. The number of hydrogen-bond donors (Lipinski definition) is 2. The van der Waals surface area contributed by atoms with Crippen LogP contribution in [0.5, 0.6) is 5.75 Å². The van der Waals surface area contributed by atoms with E-state index in [4.69, 9.17) is 10.5 Å². The topological polar surface area (TPSA) is 47.3 Å². The summed E-state index contributed by atoms with van der Waals surface area (Å²) in [6.07, 6.45) is 0. The summed E-state index contributed by atoms with van der Waals surface area (Å²) in [6.45, 7) is 0.635. The molecule has 1 radical (unpaired) electrons. The molecule has 3 N–H and O–H groups in total. The van der Waals surface area contributed by atoms with Crippen molar-refractivity contribution in [2.24, 2.45) is 5.73 Å². The summed E-state index contributed by atoms with van der Waals surface area (Å²) in [4.78, 5) is 0. The summed E-state index contributed by atoms with van der Waals surface area (Å²) in [5.74, 6) is 0.485. The Hall–Kier alpha value is -2.07. The average Bonchev–Trinajstić information content (AvgIpc) is 2.46. The molecular formula is C15H16FN2O. The van der Waals surface area contributed by atoms with E-state index in [0.29, 0.717) is 17.7 Å². The maximum atomic E-state index is 13.7. The Labute approximate surface area is 112 Å². The van der Waals surface area contributed by atoms with Crippen LogP contribution in [0.2, 0.25) is 0 Å². The lowest BCUT2D eigenvalue weighted by Gasteiger charge is -2.11. The molecule has 4 heteroatoms. The lowest BCUT2D eigenvalue weighted by Crippen LogP contribution is -2.09. The van der Waals surface area contributed by atoms with Crippen LogP contribution in [-0.4, -0.2) is 7.11 Å². The Morgan fingerprint density at radius 1 is 1.37 bits per heavy atom. The van der Waals surface area contributed by atoms with Crippen LogP contribution >= 0.6 is 0 Å². The summed E-state index contributed by atoms with van der Waals surface area (Å²) in [6, 6.07) is 13.4. The second-order valence-corrected chi connectivity index (χ2v) is 4.07. The van der Waals surface area contributed by atoms with Crippen molar-refractivity contribution >= 4 is 5.69 Å². The molecule has 0 aliphatic heterocycles.